The highest BCUT2D eigenvalue weighted by atomic mass is 16.5. The van der Waals surface area contributed by atoms with Crippen LogP contribution in [0.15, 0.2) is 18.3 Å². The first-order valence-corrected chi connectivity index (χ1v) is 6.74. The Morgan fingerprint density at radius 3 is 3.11 bits per heavy atom. The number of ether oxygens (including phenoxy) is 1. The van der Waals surface area contributed by atoms with Crippen LogP contribution in [0.2, 0.25) is 0 Å². The maximum atomic E-state index is 12.5. The van der Waals surface area contributed by atoms with Crippen molar-refractivity contribution < 1.29 is 9.53 Å². The van der Waals surface area contributed by atoms with Crippen molar-refractivity contribution in [1.82, 2.24) is 9.88 Å². The monoisotopic (exact) mass is 263 g/mol. The number of carbonyl (C=O) groups is 1. The van der Waals surface area contributed by atoms with Gasteiger partial charge in [0.15, 0.2) is 0 Å². The summed E-state index contributed by atoms with van der Waals surface area (Å²) >= 11 is 0. The van der Waals surface area contributed by atoms with Crippen molar-refractivity contribution in [1.29, 1.82) is 0 Å². The summed E-state index contributed by atoms with van der Waals surface area (Å²) in [6.07, 6.45) is 1.75. The number of morpholine rings is 1. The highest BCUT2D eigenvalue weighted by molar-refractivity contribution is 5.93. The summed E-state index contributed by atoms with van der Waals surface area (Å²) in [5.41, 5.74) is 1.41. The van der Waals surface area contributed by atoms with Crippen LogP contribution in [0.3, 0.4) is 0 Å². The number of hydrogen-bond acceptors (Lipinski definition) is 4. The van der Waals surface area contributed by atoms with Crippen molar-refractivity contribution in [2.24, 2.45) is 0 Å². The summed E-state index contributed by atoms with van der Waals surface area (Å²) in [6.45, 7) is 8.02. The van der Waals surface area contributed by atoms with Crippen molar-refractivity contribution >= 4 is 11.6 Å². The number of rotatable bonds is 3. The molecule has 5 nitrogen and oxygen atoms in total. The van der Waals surface area contributed by atoms with Crippen LogP contribution in [0, 0.1) is 0 Å². The van der Waals surface area contributed by atoms with Crippen molar-refractivity contribution in [3.05, 3.63) is 24.0 Å². The van der Waals surface area contributed by atoms with Gasteiger partial charge < -0.3 is 15.0 Å². The van der Waals surface area contributed by atoms with E-state index in [1.807, 2.05) is 31.7 Å². The van der Waals surface area contributed by atoms with E-state index in [1.165, 1.54) is 0 Å². The Bertz CT molecular complexity index is 450. The molecule has 0 saturated carbocycles. The molecule has 5 heteroatoms. The molecule has 2 atom stereocenters. The number of nitrogens with one attached hydrogen (secondary N) is 1. The minimum Gasteiger partial charge on any atom is -0.385 e. The standard InChI is InChI=1S/C14H21N3O2/c1-4-15-12-5-6-16-13(7-12)14(18)17-8-11(3)19-9-10(17)2/h5-7,10-11H,4,8-9H2,1-3H3,(H,15,16). The molecule has 19 heavy (non-hydrogen) atoms. The van der Waals surface area contributed by atoms with Crippen LogP contribution < -0.4 is 5.32 Å². The Kier molecular flexibility index (Phi) is 4.37. The number of anilines is 1. The Morgan fingerprint density at radius 2 is 2.37 bits per heavy atom. The van der Waals surface area contributed by atoms with Gasteiger partial charge in [0, 0.05) is 25.0 Å². The predicted octanol–water partition coefficient (Wildman–Crippen LogP) is 1.76. The largest absolute Gasteiger partial charge is 0.385 e. The van der Waals surface area contributed by atoms with Crippen LogP contribution in [-0.2, 0) is 4.74 Å². The molecule has 0 spiro atoms. The molecule has 0 aliphatic carbocycles. The number of pyridine rings is 1. The molecule has 2 heterocycles. The molecule has 1 N–H and O–H groups in total. The minimum absolute atomic E-state index is 0.0256. The fourth-order valence-electron chi connectivity index (χ4n) is 2.19. The fourth-order valence-corrected chi connectivity index (χ4v) is 2.19. The molecule has 0 aromatic carbocycles. The zero-order valence-corrected chi connectivity index (χ0v) is 11.7. The molecule has 104 valence electrons. The van der Waals surface area contributed by atoms with Gasteiger partial charge in [-0.05, 0) is 32.9 Å². The maximum Gasteiger partial charge on any atom is 0.272 e. The highest BCUT2D eigenvalue weighted by Crippen LogP contribution is 2.16. The first kappa shape index (κ1) is 13.8. The summed E-state index contributed by atoms with van der Waals surface area (Å²) < 4.78 is 5.54. The lowest BCUT2D eigenvalue weighted by molar-refractivity contribution is -0.0389. The number of carbonyl (C=O) groups excluding carboxylic acids is 1. The average molecular weight is 263 g/mol. The van der Waals surface area contributed by atoms with Crippen molar-refractivity contribution in [2.75, 3.05) is 25.0 Å². The van der Waals surface area contributed by atoms with Crippen LogP contribution in [0.5, 0.6) is 0 Å². The van der Waals surface area contributed by atoms with Gasteiger partial charge in [0.1, 0.15) is 5.69 Å². The maximum absolute atomic E-state index is 12.5. The van der Waals surface area contributed by atoms with Gasteiger partial charge in [-0.25, -0.2) is 0 Å². The quantitative estimate of drug-likeness (QED) is 0.903. The van der Waals surface area contributed by atoms with Crippen molar-refractivity contribution in [3.8, 4) is 0 Å². The van der Waals surface area contributed by atoms with Gasteiger partial charge in [0.2, 0.25) is 0 Å². The van der Waals surface area contributed by atoms with E-state index in [-0.39, 0.29) is 18.1 Å². The molecule has 1 fully saturated rings. The molecular formula is C14H21N3O2. The van der Waals surface area contributed by atoms with Gasteiger partial charge in [-0.1, -0.05) is 0 Å². The summed E-state index contributed by atoms with van der Waals surface area (Å²) in [6, 6.07) is 3.76. The average Bonchev–Trinajstić information content (AvgIpc) is 2.41. The first-order chi connectivity index (χ1) is 9.11. The molecular weight excluding hydrogens is 242 g/mol. The van der Waals surface area contributed by atoms with E-state index >= 15 is 0 Å². The number of nitrogens with zero attached hydrogens (tertiary/aromatic N) is 2. The Balaban J connectivity index is 2.16. The summed E-state index contributed by atoms with van der Waals surface area (Å²) in [5, 5.41) is 3.19. The zero-order valence-electron chi connectivity index (χ0n) is 11.7. The van der Waals surface area contributed by atoms with Crippen LogP contribution >= 0.6 is 0 Å². The SMILES string of the molecule is CCNc1ccnc(C(=O)N2CC(C)OCC2C)c1. The third-order valence-corrected chi connectivity index (χ3v) is 3.23. The second kappa shape index (κ2) is 6.02. The summed E-state index contributed by atoms with van der Waals surface area (Å²) in [4.78, 5) is 18.5. The van der Waals surface area contributed by atoms with Crippen LogP contribution in [-0.4, -0.2) is 47.6 Å². The van der Waals surface area contributed by atoms with Gasteiger partial charge in [-0.15, -0.1) is 0 Å². The second-order valence-corrected chi connectivity index (χ2v) is 4.91. The zero-order chi connectivity index (χ0) is 13.8. The van der Waals surface area contributed by atoms with Crippen molar-refractivity contribution in [2.45, 2.75) is 32.9 Å². The van der Waals surface area contributed by atoms with Gasteiger partial charge in [-0.3, -0.25) is 9.78 Å². The molecule has 1 aliphatic rings. The van der Waals surface area contributed by atoms with E-state index in [2.05, 4.69) is 10.3 Å². The molecule has 1 saturated heterocycles. The van der Waals surface area contributed by atoms with E-state index in [4.69, 9.17) is 4.74 Å². The first-order valence-electron chi connectivity index (χ1n) is 6.74. The summed E-state index contributed by atoms with van der Waals surface area (Å²) in [5.74, 6) is -0.0256. The topological polar surface area (TPSA) is 54.5 Å². The Labute approximate surface area is 114 Å². The molecule has 1 amide bonds. The molecule has 1 aliphatic heterocycles. The lowest BCUT2D eigenvalue weighted by Gasteiger charge is -2.36. The molecule has 1 aromatic rings. The van der Waals surface area contributed by atoms with Crippen LogP contribution in [0.25, 0.3) is 0 Å². The smallest absolute Gasteiger partial charge is 0.272 e. The Hall–Kier alpha value is -1.62. The van der Waals surface area contributed by atoms with E-state index in [1.54, 1.807) is 12.3 Å². The van der Waals surface area contributed by atoms with Gasteiger partial charge in [0.05, 0.1) is 18.8 Å². The van der Waals surface area contributed by atoms with Gasteiger partial charge >= 0.3 is 0 Å². The lowest BCUT2D eigenvalue weighted by Crippen LogP contribution is -2.50. The predicted molar refractivity (Wildman–Crippen MR) is 74.3 cm³/mol. The third kappa shape index (κ3) is 3.23. The number of hydrogen-bond donors (Lipinski definition) is 1. The lowest BCUT2D eigenvalue weighted by atomic mass is 10.2. The molecule has 0 radical (unpaired) electrons. The number of amides is 1. The molecule has 0 bridgehead atoms. The summed E-state index contributed by atoms with van der Waals surface area (Å²) in [7, 11) is 0. The van der Waals surface area contributed by atoms with Crippen molar-refractivity contribution in [3.63, 3.8) is 0 Å². The normalized spacial score (nSPS) is 23.2. The van der Waals surface area contributed by atoms with Crippen LogP contribution in [0.4, 0.5) is 5.69 Å². The third-order valence-electron chi connectivity index (χ3n) is 3.23. The van der Waals surface area contributed by atoms with E-state index in [9.17, 15) is 4.79 Å². The van der Waals surface area contributed by atoms with Crippen LogP contribution in [0.1, 0.15) is 31.3 Å². The fraction of sp³-hybridized carbons (Fsp3) is 0.571. The minimum atomic E-state index is -0.0256. The Morgan fingerprint density at radius 1 is 1.58 bits per heavy atom. The second-order valence-electron chi connectivity index (χ2n) is 4.91. The molecule has 2 rings (SSSR count). The van der Waals surface area contributed by atoms with E-state index in [0.29, 0.717) is 18.8 Å². The number of aromatic nitrogens is 1. The van der Waals surface area contributed by atoms with Gasteiger partial charge in [0.25, 0.3) is 5.91 Å². The van der Waals surface area contributed by atoms with E-state index < -0.39 is 0 Å². The van der Waals surface area contributed by atoms with E-state index in [0.717, 1.165) is 12.2 Å². The highest BCUT2D eigenvalue weighted by Gasteiger charge is 2.28. The molecule has 2 unspecified atom stereocenters. The van der Waals surface area contributed by atoms with Gasteiger partial charge in [-0.2, -0.15) is 0 Å². The molecule has 1 aromatic heterocycles.